The molecule has 0 fully saturated rings. The highest BCUT2D eigenvalue weighted by Gasteiger charge is 2.22. The predicted molar refractivity (Wildman–Crippen MR) is 61.6 cm³/mol. The third-order valence-electron chi connectivity index (χ3n) is 2.29. The van der Waals surface area contributed by atoms with Gasteiger partial charge in [-0.2, -0.15) is 4.39 Å². The third kappa shape index (κ3) is 3.61. The number of rotatable bonds is 5. The zero-order valence-electron chi connectivity index (χ0n) is 9.89. The Bertz CT molecular complexity index is 604. The summed E-state index contributed by atoms with van der Waals surface area (Å²) in [5, 5.41) is 4.70. The van der Waals surface area contributed by atoms with Crippen molar-refractivity contribution in [1.29, 1.82) is 0 Å². The number of hydrogen-bond donors (Lipinski definition) is 2. The summed E-state index contributed by atoms with van der Waals surface area (Å²) in [5.41, 5.74) is 4.97. The first-order valence-electron chi connectivity index (χ1n) is 5.07. The lowest BCUT2D eigenvalue weighted by molar-refractivity contribution is -0.122. The maximum Gasteiger partial charge on any atom is 0.241 e. The normalized spacial score (nSPS) is 13.1. The lowest BCUT2D eigenvalue weighted by Gasteiger charge is -2.11. The molecule has 1 rings (SSSR count). The fraction of sp³-hybridized carbons (Fsp3) is 0.300. The molecule has 0 radical (unpaired) electrons. The first-order chi connectivity index (χ1) is 8.64. The minimum Gasteiger partial charge on any atom is -0.490 e. The molecule has 0 aromatic heterocycles. The van der Waals surface area contributed by atoms with Crippen LogP contribution in [0.1, 0.15) is 6.92 Å². The van der Waals surface area contributed by atoms with E-state index >= 15 is 0 Å². The highest BCUT2D eigenvalue weighted by Crippen LogP contribution is 2.25. The van der Waals surface area contributed by atoms with Gasteiger partial charge in [-0.3, -0.25) is 4.79 Å². The highest BCUT2D eigenvalue weighted by atomic mass is 32.2. The van der Waals surface area contributed by atoms with Crippen LogP contribution in [0.2, 0.25) is 0 Å². The Labute approximate surface area is 108 Å². The molecule has 0 saturated carbocycles. The number of amides is 1. The van der Waals surface area contributed by atoms with Crippen molar-refractivity contribution in [3.8, 4) is 5.75 Å². The standard InChI is InChI=1S/C10H12F2N2O4S/c1-5(10(13)15)4-18-6-2-3-7(19(14,16)17)9(12)8(6)11/h2-3,5H,4H2,1H3,(H2,13,15)(H2,14,16,17). The summed E-state index contributed by atoms with van der Waals surface area (Å²) in [7, 11) is -4.36. The van der Waals surface area contributed by atoms with Gasteiger partial charge in [0.1, 0.15) is 4.90 Å². The van der Waals surface area contributed by atoms with Crippen LogP contribution >= 0.6 is 0 Å². The number of hydrogen-bond acceptors (Lipinski definition) is 4. The Morgan fingerprint density at radius 3 is 2.42 bits per heavy atom. The largest absolute Gasteiger partial charge is 0.490 e. The van der Waals surface area contributed by atoms with E-state index in [9.17, 15) is 22.0 Å². The quantitative estimate of drug-likeness (QED) is 0.802. The van der Waals surface area contributed by atoms with E-state index in [4.69, 9.17) is 15.6 Å². The molecule has 1 unspecified atom stereocenters. The van der Waals surface area contributed by atoms with Gasteiger partial charge in [-0.1, -0.05) is 6.92 Å². The number of primary amides is 1. The second kappa shape index (κ2) is 5.49. The third-order valence-corrected chi connectivity index (χ3v) is 3.22. The molecule has 4 N–H and O–H groups in total. The summed E-state index contributed by atoms with van der Waals surface area (Å²) in [6, 6.07) is 1.68. The Kier molecular flexibility index (Phi) is 4.43. The first kappa shape index (κ1) is 15.3. The summed E-state index contributed by atoms with van der Waals surface area (Å²) in [4.78, 5) is 9.76. The van der Waals surface area contributed by atoms with Crippen LogP contribution in [0.3, 0.4) is 0 Å². The molecule has 0 bridgehead atoms. The van der Waals surface area contributed by atoms with E-state index in [-0.39, 0.29) is 6.61 Å². The van der Waals surface area contributed by atoms with Gasteiger partial charge in [0.2, 0.25) is 21.7 Å². The molecule has 0 aliphatic rings. The van der Waals surface area contributed by atoms with Crippen molar-refractivity contribution in [3.63, 3.8) is 0 Å². The molecule has 1 atom stereocenters. The van der Waals surface area contributed by atoms with E-state index in [2.05, 4.69) is 0 Å². The van der Waals surface area contributed by atoms with Gasteiger partial charge in [-0.05, 0) is 12.1 Å². The number of carbonyl (C=O) groups excluding carboxylic acids is 1. The highest BCUT2D eigenvalue weighted by molar-refractivity contribution is 7.89. The van der Waals surface area contributed by atoms with Gasteiger partial charge in [0, 0.05) is 0 Å². The molecule has 6 nitrogen and oxygen atoms in total. The second-order valence-electron chi connectivity index (χ2n) is 3.85. The summed E-state index contributed by atoms with van der Waals surface area (Å²) < 4.78 is 53.7. The van der Waals surface area contributed by atoms with Crippen molar-refractivity contribution in [2.24, 2.45) is 16.8 Å². The molecule has 1 aromatic carbocycles. The zero-order chi connectivity index (χ0) is 14.8. The molecule has 0 spiro atoms. The monoisotopic (exact) mass is 294 g/mol. The predicted octanol–water partition coefficient (Wildman–Crippen LogP) is 0.112. The average molecular weight is 294 g/mol. The first-order valence-corrected chi connectivity index (χ1v) is 6.62. The molecule has 1 aromatic rings. The molecular formula is C10H12F2N2O4S. The number of benzene rings is 1. The smallest absolute Gasteiger partial charge is 0.241 e. The van der Waals surface area contributed by atoms with Gasteiger partial charge < -0.3 is 10.5 Å². The van der Waals surface area contributed by atoms with Gasteiger partial charge >= 0.3 is 0 Å². The van der Waals surface area contributed by atoms with Crippen LogP contribution in [-0.4, -0.2) is 20.9 Å². The fourth-order valence-corrected chi connectivity index (χ4v) is 1.74. The fourth-order valence-electron chi connectivity index (χ4n) is 1.14. The number of ether oxygens (including phenoxy) is 1. The topological polar surface area (TPSA) is 112 Å². The van der Waals surface area contributed by atoms with Crippen molar-refractivity contribution >= 4 is 15.9 Å². The van der Waals surface area contributed by atoms with Crippen LogP contribution in [0.5, 0.6) is 5.75 Å². The summed E-state index contributed by atoms with van der Waals surface area (Å²) in [6.07, 6.45) is 0. The van der Waals surface area contributed by atoms with E-state index < -0.39 is 44.1 Å². The summed E-state index contributed by atoms with van der Waals surface area (Å²) in [6.45, 7) is 1.18. The van der Waals surface area contributed by atoms with Crippen molar-refractivity contribution in [2.75, 3.05) is 6.61 Å². The molecule has 19 heavy (non-hydrogen) atoms. The minimum atomic E-state index is -4.36. The minimum absolute atomic E-state index is 0.263. The molecular weight excluding hydrogens is 282 g/mol. The SMILES string of the molecule is CC(COc1ccc(S(N)(=O)=O)c(F)c1F)C(N)=O. The Morgan fingerprint density at radius 2 is 1.95 bits per heavy atom. The van der Waals surface area contributed by atoms with Crippen molar-refractivity contribution in [2.45, 2.75) is 11.8 Å². The van der Waals surface area contributed by atoms with Crippen molar-refractivity contribution in [3.05, 3.63) is 23.8 Å². The number of primary sulfonamides is 1. The van der Waals surface area contributed by atoms with Gasteiger partial charge in [-0.25, -0.2) is 17.9 Å². The van der Waals surface area contributed by atoms with Crippen LogP contribution in [0.25, 0.3) is 0 Å². The number of nitrogens with two attached hydrogens (primary N) is 2. The second-order valence-corrected chi connectivity index (χ2v) is 5.38. The van der Waals surface area contributed by atoms with E-state index in [1.807, 2.05) is 0 Å². The summed E-state index contributed by atoms with van der Waals surface area (Å²) in [5.74, 6) is -5.03. The van der Waals surface area contributed by atoms with Crippen LogP contribution < -0.4 is 15.6 Å². The molecule has 0 aliphatic heterocycles. The van der Waals surface area contributed by atoms with Crippen molar-refractivity contribution in [1.82, 2.24) is 0 Å². The molecule has 0 saturated heterocycles. The lowest BCUT2D eigenvalue weighted by Crippen LogP contribution is -2.26. The zero-order valence-corrected chi connectivity index (χ0v) is 10.7. The average Bonchev–Trinajstić information content (AvgIpc) is 2.28. The molecule has 1 amide bonds. The van der Waals surface area contributed by atoms with E-state index in [1.165, 1.54) is 6.92 Å². The molecule has 106 valence electrons. The number of carbonyl (C=O) groups is 1. The molecule has 9 heteroatoms. The number of sulfonamides is 1. The van der Waals surface area contributed by atoms with E-state index in [0.717, 1.165) is 12.1 Å². The summed E-state index contributed by atoms with van der Waals surface area (Å²) >= 11 is 0. The Morgan fingerprint density at radius 1 is 1.37 bits per heavy atom. The van der Waals surface area contributed by atoms with Gasteiger partial charge in [-0.15, -0.1) is 0 Å². The van der Waals surface area contributed by atoms with E-state index in [1.54, 1.807) is 0 Å². The van der Waals surface area contributed by atoms with Crippen LogP contribution in [-0.2, 0) is 14.8 Å². The lowest BCUT2D eigenvalue weighted by atomic mass is 10.2. The maximum absolute atomic E-state index is 13.5. The Hall–Kier alpha value is -1.74. The Balaban J connectivity index is 3.01. The molecule has 0 heterocycles. The number of halogens is 2. The van der Waals surface area contributed by atoms with Crippen molar-refractivity contribution < 1.29 is 26.7 Å². The molecule has 0 aliphatic carbocycles. The van der Waals surface area contributed by atoms with Gasteiger partial charge in [0.15, 0.2) is 11.6 Å². The van der Waals surface area contributed by atoms with Crippen LogP contribution in [0.15, 0.2) is 17.0 Å². The van der Waals surface area contributed by atoms with Gasteiger partial charge in [0.25, 0.3) is 0 Å². The van der Waals surface area contributed by atoms with E-state index in [0.29, 0.717) is 0 Å². The van der Waals surface area contributed by atoms with Gasteiger partial charge in [0.05, 0.1) is 12.5 Å². The van der Waals surface area contributed by atoms with Crippen LogP contribution in [0, 0.1) is 17.6 Å². The van der Waals surface area contributed by atoms with Crippen LogP contribution in [0.4, 0.5) is 8.78 Å². The maximum atomic E-state index is 13.5.